The lowest BCUT2D eigenvalue weighted by atomic mass is 9.87. The maximum absolute atomic E-state index is 12.9. The second-order valence-electron chi connectivity index (χ2n) is 8.78. The van der Waals surface area contributed by atoms with E-state index in [1.165, 1.54) is 11.8 Å². The smallest absolute Gasteiger partial charge is 0.391 e. The second kappa shape index (κ2) is 11.5. The number of thioether (sulfide) groups is 1. The number of rotatable bonds is 10. The van der Waals surface area contributed by atoms with Crippen molar-refractivity contribution < 1.29 is 36.0 Å². The first-order valence-corrected chi connectivity index (χ1v) is 13.9. The monoisotopic (exact) mass is 533 g/mol. The molecular weight excluding hydrogens is 503 g/mol. The van der Waals surface area contributed by atoms with Crippen LogP contribution in [-0.4, -0.2) is 54.0 Å². The molecule has 0 aliphatic carbocycles. The van der Waals surface area contributed by atoms with Crippen LogP contribution in [0.25, 0.3) is 0 Å². The number of benzene rings is 2. The number of aliphatic hydroxyl groups excluding tert-OH is 1. The molecule has 0 aromatic heterocycles. The highest BCUT2D eigenvalue weighted by Gasteiger charge is 2.40. The first kappa shape index (κ1) is 27.8. The standard InChI is InChI=1S/C24H30F3NO5S2/c1-2-23(14-18(29)15-24(25,26)27)16-34-21-13-19(33-11-6-12-35(30,31)32)9-10-20(21)22(28-23)17-7-4-3-5-8-17/h3-5,7-10,13,18,22,28-29H,2,6,11-12,14-16H2,1H3,(H,30,31,32)/t18?,22-,23-/m0/s1. The van der Waals surface area contributed by atoms with Crippen LogP contribution >= 0.6 is 11.8 Å². The SMILES string of the molecule is CC[C@]1(CC(O)CC(F)(F)F)CSc2cc(OCCCS(=O)(=O)O)ccc2[C@H](c2ccccc2)N1. The first-order chi connectivity index (χ1) is 16.4. The van der Waals surface area contributed by atoms with Gasteiger partial charge in [0.05, 0.1) is 30.9 Å². The minimum atomic E-state index is -4.45. The largest absolute Gasteiger partial charge is 0.494 e. The average Bonchev–Trinajstić information content (AvgIpc) is 2.93. The molecule has 0 fully saturated rings. The van der Waals surface area contributed by atoms with Gasteiger partial charge >= 0.3 is 6.18 Å². The van der Waals surface area contributed by atoms with Crippen molar-refractivity contribution in [1.29, 1.82) is 0 Å². The zero-order valence-electron chi connectivity index (χ0n) is 19.3. The summed E-state index contributed by atoms with van der Waals surface area (Å²) >= 11 is 1.49. The molecule has 0 saturated heterocycles. The Morgan fingerprint density at radius 3 is 2.57 bits per heavy atom. The van der Waals surface area contributed by atoms with Gasteiger partial charge in [0.1, 0.15) is 5.75 Å². The van der Waals surface area contributed by atoms with Crippen LogP contribution in [0.5, 0.6) is 5.75 Å². The van der Waals surface area contributed by atoms with Gasteiger partial charge in [0, 0.05) is 16.2 Å². The fourth-order valence-electron chi connectivity index (χ4n) is 4.21. The third-order valence-electron chi connectivity index (χ3n) is 5.97. The van der Waals surface area contributed by atoms with Crippen LogP contribution in [0.4, 0.5) is 13.2 Å². The number of halogens is 3. The van der Waals surface area contributed by atoms with E-state index in [1.54, 1.807) is 6.07 Å². The lowest BCUT2D eigenvalue weighted by molar-refractivity contribution is -0.155. The average molecular weight is 534 g/mol. The summed E-state index contributed by atoms with van der Waals surface area (Å²) in [6, 6.07) is 14.8. The highest BCUT2D eigenvalue weighted by Crippen LogP contribution is 2.42. The van der Waals surface area contributed by atoms with Gasteiger partial charge in [0.25, 0.3) is 10.1 Å². The highest BCUT2D eigenvalue weighted by molar-refractivity contribution is 7.99. The maximum Gasteiger partial charge on any atom is 0.391 e. The molecule has 3 atom stereocenters. The van der Waals surface area contributed by atoms with Crippen LogP contribution in [0.2, 0.25) is 0 Å². The van der Waals surface area contributed by atoms with Crippen LogP contribution in [0.15, 0.2) is 53.4 Å². The minimum Gasteiger partial charge on any atom is -0.494 e. The molecule has 1 heterocycles. The molecular formula is C24H30F3NO5S2. The Bertz CT molecular complexity index is 1080. The third-order valence-corrected chi connectivity index (χ3v) is 8.14. The Morgan fingerprint density at radius 1 is 1.23 bits per heavy atom. The summed E-state index contributed by atoms with van der Waals surface area (Å²) in [5, 5.41) is 13.8. The van der Waals surface area contributed by atoms with Crippen LogP contribution in [0, 0.1) is 0 Å². The summed E-state index contributed by atoms with van der Waals surface area (Å²) in [6.45, 7) is 2.00. The number of nitrogens with one attached hydrogen (secondary N) is 1. The number of ether oxygens (including phenoxy) is 1. The Balaban J connectivity index is 1.87. The van der Waals surface area contributed by atoms with E-state index >= 15 is 0 Å². The van der Waals surface area contributed by atoms with Gasteiger partial charge in [-0.05, 0) is 42.5 Å². The van der Waals surface area contributed by atoms with E-state index in [-0.39, 0.29) is 25.5 Å². The normalized spacial score (nSPS) is 21.7. The first-order valence-electron chi connectivity index (χ1n) is 11.3. The number of hydrogen-bond donors (Lipinski definition) is 3. The van der Waals surface area contributed by atoms with E-state index in [1.807, 2.05) is 49.4 Å². The molecule has 11 heteroatoms. The van der Waals surface area contributed by atoms with Gasteiger partial charge < -0.3 is 9.84 Å². The van der Waals surface area contributed by atoms with Crippen molar-refractivity contribution in [3.8, 4) is 5.75 Å². The summed E-state index contributed by atoms with van der Waals surface area (Å²) < 4.78 is 75.1. The van der Waals surface area contributed by atoms with Crippen LogP contribution in [-0.2, 0) is 10.1 Å². The Hall–Kier alpha value is -1.79. The lowest BCUT2D eigenvalue weighted by Gasteiger charge is -2.37. The summed E-state index contributed by atoms with van der Waals surface area (Å²) in [4.78, 5) is 0.888. The third kappa shape index (κ3) is 8.38. The Kier molecular flexibility index (Phi) is 9.14. The summed E-state index contributed by atoms with van der Waals surface area (Å²) in [6.07, 6.45) is -6.63. The maximum atomic E-state index is 12.9. The van der Waals surface area contributed by atoms with E-state index < -0.39 is 40.1 Å². The number of alkyl halides is 3. The molecule has 3 N–H and O–H groups in total. The molecule has 0 radical (unpaired) electrons. The van der Waals surface area contributed by atoms with E-state index in [9.17, 15) is 26.7 Å². The van der Waals surface area contributed by atoms with Crippen molar-refractivity contribution in [1.82, 2.24) is 5.32 Å². The van der Waals surface area contributed by atoms with Crippen molar-refractivity contribution in [3.05, 3.63) is 59.7 Å². The van der Waals surface area contributed by atoms with Gasteiger partial charge in [-0.1, -0.05) is 43.3 Å². The molecule has 1 aliphatic rings. The molecule has 1 unspecified atom stereocenters. The summed E-state index contributed by atoms with van der Waals surface area (Å²) in [5.74, 6) is 0.576. The minimum absolute atomic E-state index is 0.0493. The zero-order chi connectivity index (χ0) is 25.7. The van der Waals surface area contributed by atoms with Gasteiger partial charge in [0.15, 0.2) is 0 Å². The number of aliphatic hydroxyl groups is 1. The molecule has 2 aromatic carbocycles. The quantitative estimate of drug-likeness (QED) is 0.293. The van der Waals surface area contributed by atoms with Crippen molar-refractivity contribution in [2.75, 3.05) is 18.1 Å². The van der Waals surface area contributed by atoms with Gasteiger partial charge in [-0.25, -0.2) is 0 Å². The lowest BCUT2D eigenvalue weighted by Crippen LogP contribution is -2.50. The molecule has 3 rings (SSSR count). The van der Waals surface area contributed by atoms with Gasteiger partial charge in [0.2, 0.25) is 0 Å². The summed E-state index contributed by atoms with van der Waals surface area (Å²) in [7, 11) is -4.06. The molecule has 0 spiro atoms. The van der Waals surface area contributed by atoms with E-state index in [0.717, 1.165) is 16.0 Å². The molecule has 6 nitrogen and oxygen atoms in total. The number of fused-ring (bicyclic) bond motifs is 1. The fraction of sp³-hybridized carbons (Fsp3) is 0.500. The van der Waals surface area contributed by atoms with Gasteiger partial charge in [-0.3, -0.25) is 9.87 Å². The molecule has 0 amide bonds. The predicted octanol–water partition coefficient (Wildman–Crippen LogP) is 4.98. The number of hydrogen-bond acceptors (Lipinski definition) is 6. The predicted molar refractivity (Wildman–Crippen MR) is 129 cm³/mol. The van der Waals surface area contributed by atoms with Crippen molar-refractivity contribution >= 4 is 21.9 Å². The van der Waals surface area contributed by atoms with Crippen molar-refractivity contribution in [3.63, 3.8) is 0 Å². The zero-order valence-corrected chi connectivity index (χ0v) is 20.9. The van der Waals surface area contributed by atoms with Crippen LogP contribution in [0.1, 0.15) is 49.8 Å². The van der Waals surface area contributed by atoms with E-state index in [2.05, 4.69) is 5.32 Å². The Morgan fingerprint density at radius 2 is 1.94 bits per heavy atom. The molecule has 1 aliphatic heterocycles. The highest BCUT2D eigenvalue weighted by atomic mass is 32.2. The second-order valence-corrected chi connectivity index (χ2v) is 11.4. The van der Waals surface area contributed by atoms with E-state index in [0.29, 0.717) is 17.9 Å². The van der Waals surface area contributed by atoms with E-state index in [4.69, 9.17) is 9.29 Å². The topological polar surface area (TPSA) is 95.9 Å². The molecule has 2 aromatic rings. The molecule has 0 saturated carbocycles. The molecule has 194 valence electrons. The van der Waals surface area contributed by atoms with Gasteiger partial charge in [-0.15, -0.1) is 11.8 Å². The van der Waals surface area contributed by atoms with Crippen LogP contribution < -0.4 is 10.1 Å². The molecule has 0 bridgehead atoms. The van der Waals surface area contributed by atoms with Gasteiger partial charge in [-0.2, -0.15) is 21.6 Å². The van der Waals surface area contributed by atoms with Crippen molar-refractivity contribution in [2.24, 2.45) is 0 Å². The van der Waals surface area contributed by atoms with Crippen LogP contribution in [0.3, 0.4) is 0 Å². The fourth-order valence-corrected chi connectivity index (χ4v) is 6.08. The Labute approximate surface area is 208 Å². The molecule has 35 heavy (non-hydrogen) atoms. The summed E-state index contributed by atoms with van der Waals surface area (Å²) in [5.41, 5.74) is 1.14. The van der Waals surface area contributed by atoms with Crippen molar-refractivity contribution in [2.45, 2.75) is 61.4 Å².